The molecule has 1 saturated heterocycles. The lowest BCUT2D eigenvalue weighted by Gasteiger charge is -2.34. The van der Waals surface area contributed by atoms with E-state index in [1.807, 2.05) is 36.3 Å². The number of nitrogens with one attached hydrogen (secondary N) is 2. The average molecular weight is 670 g/mol. The summed E-state index contributed by atoms with van der Waals surface area (Å²) in [5, 5.41) is 5.69. The molecule has 2 aromatic heterocycles. The number of benzene rings is 1. The van der Waals surface area contributed by atoms with Gasteiger partial charge in [-0.05, 0) is 75.5 Å². The number of hydrogen-bond donors (Lipinski definition) is 2. The molecule has 3 heterocycles. The number of imidazole rings is 1. The summed E-state index contributed by atoms with van der Waals surface area (Å²) in [6.07, 6.45) is 10.1. The summed E-state index contributed by atoms with van der Waals surface area (Å²) in [7, 11) is 2.11. The molecule has 1 aliphatic heterocycles. The number of aryl methyl sites for hydroxylation is 1. The number of aromatic nitrogens is 3. The summed E-state index contributed by atoms with van der Waals surface area (Å²) in [6, 6.07) is 5.88. The number of carbonyl (C=O) groups is 2. The highest BCUT2D eigenvalue weighted by atomic mass is 127. The molecule has 0 unspecified atom stereocenters. The lowest BCUT2D eigenvalue weighted by atomic mass is 9.96. The number of fused-ring (bicyclic) bond motifs is 1. The molecule has 222 valence electrons. The van der Waals surface area contributed by atoms with Crippen LogP contribution in [0.4, 0.5) is 15.0 Å². The van der Waals surface area contributed by atoms with Crippen LogP contribution in [0.5, 0.6) is 0 Å². The summed E-state index contributed by atoms with van der Waals surface area (Å²) in [5.74, 6) is 0.0662. The fourth-order valence-electron chi connectivity index (χ4n) is 5.15. The van der Waals surface area contributed by atoms with Gasteiger partial charge in [0.25, 0.3) is 0 Å². The van der Waals surface area contributed by atoms with Crippen molar-refractivity contribution in [3.8, 4) is 11.1 Å². The van der Waals surface area contributed by atoms with Crippen LogP contribution in [0.3, 0.4) is 0 Å². The van der Waals surface area contributed by atoms with E-state index < -0.39 is 0 Å². The van der Waals surface area contributed by atoms with Crippen LogP contribution < -0.4 is 10.6 Å². The molecule has 1 saturated carbocycles. The molecule has 0 radical (unpaired) electrons. The van der Waals surface area contributed by atoms with Crippen LogP contribution in [-0.2, 0) is 4.79 Å². The predicted octanol–water partition coefficient (Wildman–Crippen LogP) is 6.08. The van der Waals surface area contributed by atoms with Gasteiger partial charge in [0, 0.05) is 47.3 Å². The second-order valence-electron chi connectivity index (χ2n) is 10.8. The molecule has 40 heavy (non-hydrogen) atoms. The van der Waals surface area contributed by atoms with Crippen molar-refractivity contribution >= 4 is 53.3 Å². The van der Waals surface area contributed by atoms with Crippen LogP contribution in [0.2, 0.25) is 0 Å². The van der Waals surface area contributed by atoms with Crippen molar-refractivity contribution in [3.63, 3.8) is 0 Å². The minimum atomic E-state index is -0.363. The number of nitrogens with zero attached hydrogens (tertiary/aromatic N) is 5. The van der Waals surface area contributed by atoms with E-state index in [4.69, 9.17) is 0 Å². The van der Waals surface area contributed by atoms with Crippen LogP contribution in [0, 0.1) is 12.7 Å². The first-order valence-electron chi connectivity index (χ1n) is 13.8. The van der Waals surface area contributed by atoms with Crippen LogP contribution in [0.25, 0.3) is 22.2 Å². The molecular formula is C29H45FIN7O2. The molecule has 5 rings (SSSR count). The SMILES string of the molecule is CN1CCN(C(=O)NC2CCCCC2)CC1.Cc1cnc(NC=O)cc1-c1cc(F)c2ncn(C(C)C)c2c1.I.[HH].[HH]. The van der Waals surface area contributed by atoms with Crippen molar-refractivity contribution < 1.29 is 16.8 Å². The molecule has 0 atom stereocenters. The number of anilines is 1. The molecule has 1 aromatic carbocycles. The Labute approximate surface area is 255 Å². The number of carbonyl (C=O) groups excluding carboxylic acids is 2. The zero-order valence-electron chi connectivity index (χ0n) is 23.8. The van der Waals surface area contributed by atoms with Gasteiger partial charge in [0.15, 0.2) is 5.82 Å². The fraction of sp³-hybridized carbons (Fsp3) is 0.517. The zero-order valence-corrected chi connectivity index (χ0v) is 26.2. The first kappa shape index (κ1) is 31.7. The molecule has 0 spiro atoms. The predicted molar refractivity (Wildman–Crippen MR) is 172 cm³/mol. The van der Waals surface area contributed by atoms with Crippen LogP contribution in [0.1, 0.15) is 60.4 Å². The molecule has 3 amide bonds. The van der Waals surface area contributed by atoms with E-state index in [1.165, 1.54) is 38.2 Å². The molecular weight excluding hydrogens is 624 g/mol. The van der Waals surface area contributed by atoms with Crippen molar-refractivity contribution in [2.75, 3.05) is 38.5 Å². The highest BCUT2D eigenvalue weighted by Gasteiger charge is 2.22. The summed E-state index contributed by atoms with van der Waals surface area (Å²) in [4.78, 5) is 35.1. The Kier molecular flexibility index (Phi) is 11.7. The standard InChI is InChI=1S/C17H17FN4O.C12H23N3O.HI.2H2/c1-10(2)22-8-20-17-14(18)4-12(5-15(17)22)13-6-16(21-9-23)19-7-11(13)3;1-14-7-9-15(10-8-14)12(16)13-11-5-3-2-4-6-11;;;/h4-10H,1-3H3,(H,19,21,23);11H,2-10H2,1H3,(H,13,16);3*1H. The van der Waals surface area contributed by atoms with E-state index in [9.17, 15) is 14.0 Å². The first-order valence-corrected chi connectivity index (χ1v) is 13.8. The lowest BCUT2D eigenvalue weighted by molar-refractivity contribution is -0.105. The Hall–Kier alpha value is -2.80. The summed E-state index contributed by atoms with van der Waals surface area (Å²) in [6.45, 7) is 9.68. The molecule has 9 nitrogen and oxygen atoms in total. The number of pyridine rings is 1. The molecule has 2 fully saturated rings. The Morgan fingerprint density at radius 3 is 2.45 bits per heavy atom. The van der Waals surface area contributed by atoms with Crippen molar-refractivity contribution in [1.29, 1.82) is 0 Å². The van der Waals surface area contributed by atoms with E-state index in [0.717, 1.165) is 48.4 Å². The minimum Gasteiger partial charge on any atom is -0.335 e. The van der Waals surface area contributed by atoms with Gasteiger partial charge in [0.2, 0.25) is 6.41 Å². The smallest absolute Gasteiger partial charge is 0.317 e. The van der Waals surface area contributed by atoms with Crippen molar-refractivity contribution in [2.45, 2.75) is 65.0 Å². The monoisotopic (exact) mass is 669 g/mol. The first-order chi connectivity index (χ1) is 18.8. The van der Waals surface area contributed by atoms with E-state index in [-0.39, 0.29) is 44.7 Å². The number of hydrogen-bond acceptors (Lipinski definition) is 5. The summed E-state index contributed by atoms with van der Waals surface area (Å²) < 4.78 is 16.4. The van der Waals surface area contributed by atoms with Gasteiger partial charge >= 0.3 is 6.03 Å². The van der Waals surface area contributed by atoms with Crippen molar-refractivity contribution in [1.82, 2.24) is 29.7 Å². The quantitative estimate of drug-likeness (QED) is 0.254. The summed E-state index contributed by atoms with van der Waals surface area (Å²) in [5.41, 5.74) is 3.56. The molecule has 1 aliphatic carbocycles. The number of halogens is 2. The number of amides is 3. The third kappa shape index (κ3) is 7.90. The average Bonchev–Trinajstić information content (AvgIpc) is 3.36. The van der Waals surface area contributed by atoms with Gasteiger partial charge in [-0.15, -0.1) is 24.0 Å². The number of urea groups is 1. The third-order valence-electron chi connectivity index (χ3n) is 7.53. The number of rotatable bonds is 5. The normalized spacial score (nSPS) is 16.2. The van der Waals surface area contributed by atoms with E-state index in [0.29, 0.717) is 23.8 Å². The van der Waals surface area contributed by atoms with Gasteiger partial charge in [-0.1, -0.05) is 19.3 Å². The topological polar surface area (TPSA) is 95.4 Å². The number of piperazine rings is 1. The Balaban J connectivity index is 0.000000414. The highest BCUT2D eigenvalue weighted by molar-refractivity contribution is 14.0. The maximum atomic E-state index is 14.4. The second-order valence-corrected chi connectivity index (χ2v) is 10.8. The largest absolute Gasteiger partial charge is 0.335 e. The third-order valence-corrected chi connectivity index (χ3v) is 7.53. The Morgan fingerprint density at radius 2 is 1.80 bits per heavy atom. The van der Waals surface area contributed by atoms with Gasteiger partial charge in [-0.3, -0.25) is 4.79 Å². The maximum absolute atomic E-state index is 14.4. The number of likely N-dealkylation sites (N-methyl/N-ethyl adjacent to an activating group) is 1. The van der Waals surface area contributed by atoms with E-state index >= 15 is 0 Å². The Morgan fingerprint density at radius 1 is 1.10 bits per heavy atom. The fourth-order valence-corrected chi connectivity index (χ4v) is 5.15. The summed E-state index contributed by atoms with van der Waals surface area (Å²) >= 11 is 0. The van der Waals surface area contributed by atoms with Crippen molar-refractivity contribution in [2.24, 2.45) is 0 Å². The van der Waals surface area contributed by atoms with Crippen LogP contribution in [-0.4, -0.2) is 76.0 Å². The maximum Gasteiger partial charge on any atom is 0.317 e. The van der Waals surface area contributed by atoms with Crippen molar-refractivity contribution in [3.05, 3.63) is 42.1 Å². The van der Waals surface area contributed by atoms with E-state index in [1.54, 1.807) is 18.6 Å². The molecule has 11 heteroatoms. The molecule has 0 bridgehead atoms. The zero-order chi connectivity index (χ0) is 27.9. The van der Waals surface area contributed by atoms with Crippen LogP contribution >= 0.6 is 24.0 Å². The minimum absolute atomic E-state index is 0. The lowest BCUT2D eigenvalue weighted by Crippen LogP contribution is -2.52. The van der Waals surface area contributed by atoms with E-state index in [2.05, 4.69) is 32.5 Å². The highest BCUT2D eigenvalue weighted by Crippen LogP contribution is 2.30. The van der Waals surface area contributed by atoms with Gasteiger partial charge in [-0.25, -0.2) is 19.2 Å². The van der Waals surface area contributed by atoms with Crippen LogP contribution in [0.15, 0.2) is 30.7 Å². The molecule has 2 N–H and O–H groups in total. The Bertz CT molecular complexity index is 1300. The second kappa shape index (κ2) is 14.7. The van der Waals surface area contributed by atoms with Gasteiger partial charge in [0.1, 0.15) is 11.3 Å². The van der Waals surface area contributed by atoms with Gasteiger partial charge in [0.05, 0.1) is 11.8 Å². The molecule has 2 aliphatic rings. The molecule has 3 aromatic rings. The van der Waals surface area contributed by atoms with Gasteiger partial charge in [-0.2, -0.15) is 0 Å². The van der Waals surface area contributed by atoms with Gasteiger partial charge < -0.3 is 25.0 Å².